The van der Waals surface area contributed by atoms with Gasteiger partial charge in [-0.25, -0.2) is 0 Å². The van der Waals surface area contributed by atoms with Gasteiger partial charge in [0.05, 0.1) is 25.4 Å². The second-order valence-corrected chi connectivity index (χ2v) is 5.18. The minimum Gasteiger partial charge on any atom is -0.373 e. The monoisotopic (exact) mass is 195 g/mol. The van der Waals surface area contributed by atoms with Crippen LogP contribution in [0.5, 0.6) is 0 Å². The van der Waals surface area contributed by atoms with Crippen LogP contribution in [0.3, 0.4) is 0 Å². The molecule has 0 aromatic carbocycles. The maximum Gasteiger partial charge on any atom is 0.0815 e. The summed E-state index contributed by atoms with van der Waals surface area (Å²) >= 11 is 0. The van der Waals surface area contributed by atoms with Crippen LogP contribution < -0.4 is 0 Å². The predicted molar refractivity (Wildman–Crippen MR) is 53.9 cm³/mol. The van der Waals surface area contributed by atoms with Gasteiger partial charge in [-0.05, 0) is 50.4 Å². The SMILES string of the molecule is [CH]1CCC(CC2CO2)(CC2CO2)CC1. The Kier molecular flexibility index (Phi) is 2.29. The summed E-state index contributed by atoms with van der Waals surface area (Å²) in [5.41, 5.74) is 0.567. The molecular weight excluding hydrogens is 176 g/mol. The Bertz CT molecular complexity index is 184. The molecule has 3 rings (SSSR count). The van der Waals surface area contributed by atoms with Crippen LogP contribution in [0.4, 0.5) is 0 Å². The molecule has 0 amide bonds. The first kappa shape index (κ1) is 9.17. The van der Waals surface area contributed by atoms with E-state index in [4.69, 9.17) is 9.47 Å². The molecule has 2 heterocycles. The summed E-state index contributed by atoms with van der Waals surface area (Å²) in [6.07, 6.45) is 11.6. The van der Waals surface area contributed by atoms with Crippen molar-refractivity contribution in [2.75, 3.05) is 13.2 Å². The summed E-state index contributed by atoms with van der Waals surface area (Å²) in [7, 11) is 0. The Balaban J connectivity index is 1.62. The van der Waals surface area contributed by atoms with Gasteiger partial charge in [-0.2, -0.15) is 0 Å². The molecule has 3 aliphatic rings. The van der Waals surface area contributed by atoms with Gasteiger partial charge in [-0.3, -0.25) is 0 Å². The fourth-order valence-corrected chi connectivity index (χ4v) is 2.92. The van der Waals surface area contributed by atoms with Gasteiger partial charge in [-0.15, -0.1) is 0 Å². The van der Waals surface area contributed by atoms with Gasteiger partial charge < -0.3 is 9.47 Å². The molecule has 1 radical (unpaired) electrons. The normalized spacial score (nSPS) is 39.4. The van der Waals surface area contributed by atoms with E-state index in [0.717, 1.165) is 13.2 Å². The van der Waals surface area contributed by atoms with Gasteiger partial charge in [0, 0.05) is 0 Å². The van der Waals surface area contributed by atoms with Gasteiger partial charge in [-0.1, -0.05) is 0 Å². The molecule has 0 aromatic heterocycles. The van der Waals surface area contributed by atoms with Crippen molar-refractivity contribution in [2.24, 2.45) is 5.41 Å². The van der Waals surface area contributed by atoms with E-state index in [1.54, 1.807) is 0 Å². The van der Waals surface area contributed by atoms with Gasteiger partial charge in [0.15, 0.2) is 0 Å². The van der Waals surface area contributed by atoms with Crippen molar-refractivity contribution >= 4 is 0 Å². The molecule has 1 saturated carbocycles. The summed E-state index contributed by atoms with van der Waals surface area (Å²) in [5, 5.41) is 0. The molecule has 14 heavy (non-hydrogen) atoms. The van der Waals surface area contributed by atoms with Gasteiger partial charge in [0.2, 0.25) is 0 Å². The van der Waals surface area contributed by atoms with Crippen molar-refractivity contribution in [3.63, 3.8) is 0 Å². The lowest BCUT2D eigenvalue weighted by molar-refractivity contribution is 0.142. The molecular formula is C12H19O2. The largest absolute Gasteiger partial charge is 0.373 e. The zero-order valence-corrected chi connectivity index (χ0v) is 8.71. The van der Waals surface area contributed by atoms with Crippen molar-refractivity contribution in [1.82, 2.24) is 0 Å². The van der Waals surface area contributed by atoms with E-state index in [2.05, 4.69) is 6.42 Å². The predicted octanol–water partition coefficient (Wildman–Crippen LogP) is 2.33. The fourth-order valence-electron chi connectivity index (χ4n) is 2.92. The Morgan fingerprint density at radius 3 is 1.93 bits per heavy atom. The third-order valence-corrected chi connectivity index (χ3v) is 3.88. The molecule has 2 atom stereocenters. The van der Waals surface area contributed by atoms with E-state index in [0.29, 0.717) is 17.6 Å². The summed E-state index contributed by atoms with van der Waals surface area (Å²) in [6, 6.07) is 0. The van der Waals surface area contributed by atoms with E-state index in [1.165, 1.54) is 38.5 Å². The van der Waals surface area contributed by atoms with Crippen LogP contribution in [0.15, 0.2) is 0 Å². The summed E-state index contributed by atoms with van der Waals surface area (Å²) in [4.78, 5) is 0. The topological polar surface area (TPSA) is 25.1 Å². The Labute approximate surface area is 86.0 Å². The average molecular weight is 195 g/mol. The van der Waals surface area contributed by atoms with Crippen LogP contribution in [-0.2, 0) is 9.47 Å². The van der Waals surface area contributed by atoms with Crippen LogP contribution >= 0.6 is 0 Å². The van der Waals surface area contributed by atoms with Crippen molar-refractivity contribution in [3.8, 4) is 0 Å². The lowest BCUT2D eigenvalue weighted by atomic mass is 9.68. The molecule has 2 aliphatic heterocycles. The molecule has 3 fully saturated rings. The smallest absolute Gasteiger partial charge is 0.0815 e. The molecule has 0 bridgehead atoms. The minimum atomic E-state index is 0.567. The van der Waals surface area contributed by atoms with E-state index in [-0.39, 0.29) is 0 Å². The van der Waals surface area contributed by atoms with Gasteiger partial charge in [0.25, 0.3) is 0 Å². The average Bonchev–Trinajstić information content (AvgIpc) is 3.03. The highest BCUT2D eigenvalue weighted by Crippen LogP contribution is 2.47. The number of ether oxygens (including phenoxy) is 2. The fraction of sp³-hybridized carbons (Fsp3) is 0.917. The summed E-state index contributed by atoms with van der Waals surface area (Å²) < 4.78 is 10.8. The van der Waals surface area contributed by atoms with Crippen LogP contribution in [0, 0.1) is 11.8 Å². The number of rotatable bonds is 4. The Morgan fingerprint density at radius 1 is 1.00 bits per heavy atom. The Morgan fingerprint density at radius 2 is 1.50 bits per heavy atom. The number of hydrogen-bond acceptors (Lipinski definition) is 2. The van der Waals surface area contributed by atoms with Crippen LogP contribution in [0.25, 0.3) is 0 Å². The highest BCUT2D eigenvalue weighted by molar-refractivity contribution is 4.95. The van der Waals surface area contributed by atoms with Gasteiger partial charge in [0.1, 0.15) is 0 Å². The van der Waals surface area contributed by atoms with Crippen molar-refractivity contribution < 1.29 is 9.47 Å². The maximum atomic E-state index is 5.39. The first-order chi connectivity index (χ1) is 6.86. The van der Waals surface area contributed by atoms with Crippen molar-refractivity contribution in [3.05, 3.63) is 6.42 Å². The quantitative estimate of drug-likeness (QED) is 0.643. The highest BCUT2D eigenvalue weighted by Gasteiger charge is 2.42. The molecule has 2 nitrogen and oxygen atoms in total. The second-order valence-electron chi connectivity index (χ2n) is 5.18. The first-order valence-electron chi connectivity index (χ1n) is 5.91. The molecule has 2 saturated heterocycles. The maximum absolute atomic E-state index is 5.39. The first-order valence-corrected chi connectivity index (χ1v) is 5.91. The zero-order chi connectivity index (χ0) is 9.43. The molecule has 0 N–H and O–H groups in total. The van der Waals surface area contributed by atoms with E-state index < -0.39 is 0 Å². The molecule has 0 spiro atoms. The van der Waals surface area contributed by atoms with E-state index in [1.807, 2.05) is 0 Å². The third-order valence-electron chi connectivity index (χ3n) is 3.88. The van der Waals surface area contributed by atoms with Crippen molar-refractivity contribution in [1.29, 1.82) is 0 Å². The zero-order valence-electron chi connectivity index (χ0n) is 8.71. The standard InChI is InChI=1S/C12H19O2/c1-2-4-12(5-3-1,6-10-8-13-10)7-11-9-14-11/h1,10-11H,2-9H2. The molecule has 1 aliphatic carbocycles. The molecule has 0 aromatic rings. The number of hydrogen-bond donors (Lipinski definition) is 0. The van der Waals surface area contributed by atoms with Gasteiger partial charge >= 0.3 is 0 Å². The lowest BCUT2D eigenvalue weighted by Crippen LogP contribution is -2.28. The summed E-state index contributed by atoms with van der Waals surface area (Å²) in [5.74, 6) is 0. The van der Waals surface area contributed by atoms with E-state index in [9.17, 15) is 0 Å². The van der Waals surface area contributed by atoms with E-state index >= 15 is 0 Å². The summed E-state index contributed by atoms with van der Waals surface area (Å²) in [6.45, 7) is 2.02. The minimum absolute atomic E-state index is 0.567. The lowest BCUT2D eigenvalue weighted by Gasteiger charge is -2.36. The van der Waals surface area contributed by atoms with Crippen LogP contribution in [0.1, 0.15) is 38.5 Å². The molecule has 79 valence electrons. The van der Waals surface area contributed by atoms with Crippen LogP contribution in [0.2, 0.25) is 0 Å². The van der Waals surface area contributed by atoms with Crippen LogP contribution in [-0.4, -0.2) is 25.4 Å². The number of epoxide rings is 2. The molecule has 2 unspecified atom stereocenters. The third kappa shape index (κ3) is 2.12. The Hall–Kier alpha value is -0.0800. The highest BCUT2D eigenvalue weighted by atomic mass is 16.6. The molecule has 2 heteroatoms. The van der Waals surface area contributed by atoms with Crippen molar-refractivity contribution in [2.45, 2.75) is 50.7 Å². The second kappa shape index (κ2) is 3.49.